The van der Waals surface area contributed by atoms with Crippen molar-refractivity contribution in [3.63, 3.8) is 0 Å². The topological polar surface area (TPSA) is 198 Å². The van der Waals surface area contributed by atoms with Crippen molar-refractivity contribution >= 4 is 49.2 Å². The normalized spacial score (nSPS) is 13.6. The summed E-state index contributed by atoms with van der Waals surface area (Å²) in [5.74, 6) is -1.43. The highest BCUT2D eigenvalue weighted by atomic mass is 32.1. The summed E-state index contributed by atoms with van der Waals surface area (Å²) < 4.78 is 48.6. The summed E-state index contributed by atoms with van der Waals surface area (Å²) in [6.45, 7) is 3.94. The lowest BCUT2D eigenvalue weighted by molar-refractivity contribution is -0.134. The molecule has 3 rings (SSSR count). The number of ether oxygens (including phenoxy) is 5. The second kappa shape index (κ2) is 20.3. The summed E-state index contributed by atoms with van der Waals surface area (Å²) in [7, 11) is -4.49. The van der Waals surface area contributed by atoms with Crippen LogP contribution >= 0.6 is 18.9 Å². The standard InChI is InChI=1S/C30H41N4O13PS/c1-4-7-17-43-28(37)34-15-13-33(14-16-34)27(36)23(31-25(35)24-19-49-26(32-24)22-11-9-8-10-12-22)18-48(40,46-20-44-29(38)41-5-2)47-21-45-30(39)42-6-3/h8-12,19,23H,4-7,13-18,20-21H2,1-3H3,(H,31,35)/t23-/m0/s1. The molecule has 0 aliphatic carbocycles. The number of amides is 3. The van der Waals surface area contributed by atoms with E-state index in [1.165, 1.54) is 26.5 Å². The highest BCUT2D eigenvalue weighted by molar-refractivity contribution is 7.54. The number of nitrogens with one attached hydrogen (secondary N) is 1. The van der Waals surface area contributed by atoms with Crippen LogP contribution in [0.3, 0.4) is 0 Å². The minimum Gasteiger partial charge on any atom is -0.449 e. The smallest absolute Gasteiger partial charge is 0.449 e. The lowest BCUT2D eigenvalue weighted by Gasteiger charge is -2.36. The first-order chi connectivity index (χ1) is 23.6. The van der Waals surface area contributed by atoms with Gasteiger partial charge in [0, 0.05) is 37.1 Å². The van der Waals surface area contributed by atoms with E-state index in [-0.39, 0.29) is 51.7 Å². The van der Waals surface area contributed by atoms with Crippen molar-refractivity contribution < 1.29 is 61.3 Å². The molecule has 270 valence electrons. The minimum atomic E-state index is -4.49. The first kappa shape index (κ1) is 39.2. The van der Waals surface area contributed by atoms with Crippen LogP contribution in [0.5, 0.6) is 0 Å². The predicted octanol–water partition coefficient (Wildman–Crippen LogP) is 4.48. The van der Waals surface area contributed by atoms with Crippen molar-refractivity contribution in [2.24, 2.45) is 0 Å². The Morgan fingerprint density at radius 3 is 2.02 bits per heavy atom. The second-order valence-electron chi connectivity index (χ2n) is 10.2. The fraction of sp³-hybridized carbons (Fsp3) is 0.533. The van der Waals surface area contributed by atoms with Gasteiger partial charge in [0.05, 0.1) is 26.0 Å². The molecule has 1 saturated heterocycles. The van der Waals surface area contributed by atoms with E-state index in [0.717, 1.165) is 18.4 Å². The summed E-state index contributed by atoms with van der Waals surface area (Å²) in [6, 6.07) is 7.61. The third-order valence-electron chi connectivity index (χ3n) is 6.72. The van der Waals surface area contributed by atoms with Gasteiger partial charge in [0.15, 0.2) is 0 Å². The summed E-state index contributed by atoms with van der Waals surface area (Å²) in [6.07, 6.45) is -1.94. The zero-order chi connectivity index (χ0) is 35.6. The summed E-state index contributed by atoms with van der Waals surface area (Å²) in [5, 5.41) is 4.63. The molecule has 19 heteroatoms. The number of carbonyl (C=O) groups is 5. The van der Waals surface area contributed by atoms with Crippen LogP contribution in [0.2, 0.25) is 0 Å². The first-order valence-corrected chi connectivity index (χ1v) is 18.2. The quantitative estimate of drug-likeness (QED) is 0.0786. The lowest BCUT2D eigenvalue weighted by atomic mass is 10.2. The molecule has 17 nitrogen and oxygen atoms in total. The van der Waals surface area contributed by atoms with Gasteiger partial charge in [-0.3, -0.25) is 23.2 Å². The van der Waals surface area contributed by atoms with E-state index in [9.17, 15) is 28.5 Å². The molecule has 1 aromatic heterocycles. The number of thiazole rings is 1. The number of carbonyl (C=O) groups excluding carboxylic acids is 5. The highest BCUT2D eigenvalue weighted by Gasteiger charge is 2.38. The van der Waals surface area contributed by atoms with Crippen molar-refractivity contribution in [1.82, 2.24) is 20.1 Å². The molecule has 0 radical (unpaired) electrons. The lowest BCUT2D eigenvalue weighted by Crippen LogP contribution is -2.57. The van der Waals surface area contributed by atoms with Gasteiger partial charge in [0.1, 0.15) is 16.7 Å². The number of nitrogens with zero attached hydrogens (tertiary/aromatic N) is 3. The van der Waals surface area contributed by atoms with Crippen LogP contribution in [0.15, 0.2) is 35.7 Å². The maximum Gasteiger partial charge on any atom is 0.510 e. The zero-order valence-electron chi connectivity index (χ0n) is 27.5. The summed E-state index contributed by atoms with van der Waals surface area (Å²) >= 11 is 1.21. The van der Waals surface area contributed by atoms with Crippen molar-refractivity contribution in [3.05, 3.63) is 41.4 Å². The minimum absolute atomic E-state index is 0.00465. The van der Waals surface area contributed by atoms with Gasteiger partial charge in [0.25, 0.3) is 5.91 Å². The molecule has 3 amide bonds. The van der Waals surface area contributed by atoms with E-state index in [1.54, 1.807) is 13.8 Å². The Hall–Kier alpha value is -4.25. The fourth-order valence-electron chi connectivity index (χ4n) is 4.23. The summed E-state index contributed by atoms with van der Waals surface area (Å²) in [4.78, 5) is 70.4. The molecule has 0 spiro atoms. The van der Waals surface area contributed by atoms with Gasteiger partial charge in [0.2, 0.25) is 19.5 Å². The number of aromatic nitrogens is 1. The van der Waals surface area contributed by atoms with Gasteiger partial charge in [-0.05, 0) is 20.3 Å². The fourth-order valence-corrected chi connectivity index (χ4v) is 6.44. The highest BCUT2D eigenvalue weighted by Crippen LogP contribution is 2.49. The van der Waals surface area contributed by atoms with Crippen LogP contribution < -0.4 is 5.32 Å². The Kier molecular flexibility index (Phi) is 16.2. The third kappa shape index (κ3) is 12.9. The van der Waals surface area contributed by atoms with E-state index in [1.807, 2.05) is 37.3 Å². The van der Waals surface area contributed by atoms with Crippen molar-refractivity contribution in [2.45, 2.75) is 39.7 Å². The molecule has 2 aromatic rings. The molecule has 1 fully saturated rings. The van der Waals surface area contributed by atoms with Gasteiger partial charge in [-0.25, -0.2) is 19.4 Å². The van der Waals surface area contributed by atoms with Crippen LogP contribution in [0, 0.1) is 0 Å². The molecule has 2 heterocycles. The van der Waals surface area contributed by atoms with Crippen LogP contribution in [0.4, 0.5) is 14.4 Å². The maximum absolute atomic E-state index is 13.9. The van der Waals surface area contributed by atoms with Gasteiger partial charge in [-0.1, -0.05) is 43.7 Å². The Morgan fingerprint density at radius 1 is 0.857 bits per heavy atom. The Labute approximate surface area is 287 Å². The van der Waals surface area contributed by atoms with Crippen molar-refractivity contribution in [1.29, 1.82) is 0 Å². The summed E-state index contributed by atoms with van der Waals surface area (Å²) in [5.41, 5.74) is 0.772. The van der Waals surface area contributed by atoms with E-state index < -0.39 is 63.6 Å². The molecule has 0 unspecified atom stereocenters. The third-order valence-corrected chi connectivity index (χ3v) is 9.42. The largest absolute Gasteiger partial charge is 0.510 e. The van der Waals surface area contributed by atoms with E-state index in [0.29, 0.717) is 5.01 Å². The number of unbranched alkanes of at least 4 members (excludes halogenated alkanes) is 1. The number of hydrogen-bond donors (Lipinski definition) is 1. The molecule has 0 bridgehead atoms. The van der Waals surface area contributed by atoms with Crippen LogP contribution in [0.1, 0.15) is 44.1 Å². The van der Waals surface area contributed by atoms with Gasteiger partial charge in [-0.15, -0.1) is 11.3 Å². The molecule has 0 saturated carbocycles. The molecule has 1 aliphatic heterocycles. The molecular formula is C30H41N4O13PS. The first-order valence-electron chi connectivity index (χ1n) is 15.6. The van der Waals surface area contributed by atoms with Crippen LogP contribution in [-0.4, -0.2) is 117 Å². The number of rotatable bonds is 17. The average Bonchev–Trinajstić information content (AvgIpc) is 3.59. The van der Waals surface area contributed by atoms with E-state index in [2.05, 4.69) is 19.8 Å². The number of benzene rings is 1. The SMILES string of the molecule is CCCCOC(=O)N1CCN(C(=O)[C@H](CP(=O)(OCOC(=O)OCC)OCOC(=O)OCC)NC(=O)c2csc(-c3ccccc3)n2)CC1. The van der Waals surface area contributed by atoms with Gasteiger partial charge >= 0.3 is 26.0 Å². The molecule has 1 aromatic carbocycles. The van der Waals surface area contributed by atoms with Crippen LogP contribution in [0.25, 0.3) is 10.6 Å². The zero-order valence-corrected chi connectivity index (χ0v) is 29.2. The van der Waals surface area contributed by atoms with Crippen LogP contribution in [-0.2, 0) is 42.1 Å². The monoisotopic (exact) mass is 728 g/mol. The van der Waals surface area contributed by atoms with E-state index >= 15 is 0 Å². The molecule has 1 aliphatic rings. The molecule has 1 atom stereocenters. The second-order valence-corrected chi connectivity index (χ2v) is 13.1. The van der Waals surface area contributed by atoms with Crippen molar-refractivity contribution in [3.8, 4) is 10.6 Å². The Morgan fingerprint density at radius 2 is 1.45 bits per heavy atom. The van der Waals surface area contributed by atoms with Gasteiger partial charge in [-0.2, -0.15) is 0 Å². The maximum atomic E-state index is 13.9. The number of hydrogen-bond acceptors (Lipinski definition) is 15. The molecular weight excluding hydrogens is 687 g/mol. The predicted molar refractivity (Wildman–Crippen MR) is 174 cm³/mol. The van der Waals surface area contributed by atoms with E-state index in [4.69, 9.17) is 23.3 Å². The van der Waals surface area contributed by atoms with Gasteiger partial charge < -0.3 is 38.8 Å². The average molecular weight is 729 g/mol. The Bertz CT molecular complexity index is 1410. The number of piperazine rings is 1. The van der Waals surface area contributed by atoms with Crippen molar-refractivity contribution in [2.75, 3.05) is 65.7 Å². The Balaban J connectivity index is 1.81. The molecule has 1 N–H and O–H groups in total. The molecule has 49 heavy (non-hydrogen) atoms.